The van der Waals surface area contributed by atoms with Crippen LogP contribution >= 0.6 is 0 Å². The summed E-state index contributed by atoms with van der Waals surface area (Å²) in [6, 6.07) is 9.04. The molecule has 21 heavy (non-hydrogen) atoms. The molecule has 0 N–H and O–H groups in total. The predicted molar refractivity (Wildman–Crippen MR) is 79.8 cm³/mol. The van der Waals surface area contributed by atoms with E-state index in [1.54, 1.807) is 12.1 Å². The molecule has 2 aliphatic carbocycles. The number of Topliss-reactive ketones (excluding diaryl/α,β-unsaturated/α-hetero) is 1. The summed E-state index contributed by atoms with van der Waals surface area (Å²) < 4.78 is 5.34. The summed E-state index contributed by atoms with van der Waals surface area (Å²) in [5.41, 5.74) is -0.281. The third-order valence-corrected chi connectivity index (χ3v) is 6.03. The molecule has 3 atom stereocenters. The molecule has 112 valence electrons. The summed E-state index contributed by atoms with van der Waals surface area (Å²) in [7, 11) is 0. The Balaban J connectivity index is 1.72. The van der Waals surface area contributed by atoms with Crippen LogP contribution in [0.5, 0.6) is 5.75 Å². The van der Waals surface area contributed by atoms with Crippen LogP contribution in [-0.4, -0.2) is 11.8 Å². The first-order chi connectivity index (χ1) is 9.86. The highest BCUT2D eigenvalue weighted by molar-refractivity contribution is 5.94. The number of carbonyl (C=O) groups is 2. The molecule has 0 unspecified atom stereocenters. The van der Waals surface area contributed by atoms with Gasteiger partial charge in [-0.15, -0.1) is 0 Å². The molecule has 0 amide bonds. The molecule has 0 aliphatic heterocycles. The second-order valence-electron chi connectivity index (χ2n) is 7.16. The molecule has 2 saturated carbocycles. The van der Waals surface area contributed by atoms with Gasteiger partial charge in [0.1, 0.15) is 11.5 Å². The van der Waals surface area contributed by atoms with E-state index >= 15 is 0 Å². The molecule has 2 aliphatic rings. The summed E-state index contributed by atoms with van der Waals surface area (Å²) in [5.74, 6) is 0.636. The Hall–Kier alpha value is -1.64. The molecule has 3 nitrogen and oxygen atoms in total. The first kappa shape index (κ1) is 14.3. The van der Waals surface area contributed by atoms with Gasteiger partial charge in [-0.2, -0.15) is 0 Å². The van der Waals surface area contributed by atoms with Gasteiger partial charge in [-0.05, 0) is 36.3 Å². The minimum atomic E-state index is -0.300. The van der Waals surface area contributed by atoms with Gasteiger partial charge in [0.15, 0.2) is 0 Å². The van der Waals surface area contributed by atoms with E-state index in [0.717, 1.165) is 12.8 Å². The number of ether oxygens (including phenoxy) is 1. The SMILES string of the molecule is CC1(C)[C@@H]2CC[C@]1(C)C(=O)[C@@H]2CC(=O)Oc1ccccc1. The molecule has 2 fully saturated rings. The standard InChI is InChI=1S/C18H22O3/c1-17(2)14-9-10-18(17,3)16(20)13(14)11-15(19)21-12-7-5-4-6-8-12/h4-8,13-14H,9-11H2,1-3H3/t13-,14-,18-/m1/s1. The zero-order chi connectivity index (χ0) is 15.3. The van der Waals surface area contributed by atoms with Gasteiger partial charge in [0.25, 0.3) is 0 Å². The Kier molecular flexibility index (Phi) is 3.19. The van der Waals surface area contributed by atoms with Gasteiger partial charge in [0, 0.05) is 11.3 Å². The maximum Gasteiger partial charge on any atom is 0.311 e. The van der Waals surface area contributed by atoms with Gasteiger partial charge >= 0.3 is 5.97 Å². The smallest absolute Gasteiger partial charge is 0.311 e. The fourth-order valence-electron chi connectivity index (χ4n) is 4.35. The molecule has 2 bridgehead atoms. The van der Waals surface area contributed by atoms with Crippen LogP contribution in [0, 0.1) is 22.7 Å². The Morgan fingerprint density at radius 2 is 1.90 bits per heavy atom. The molecule has 0 heterocycles. The van der Waals surface area contributed by atoms with Crippen LogP contribution in [-0.2, 0) is 9.59 Å². The van der Waals surface area contributed by atoms with E-state index in [9.17, 15) is 9.59 Å². The van der Waals surface area contributed by atoms with E-state index in [1.807, 2.05) is 18.2 Å². The molecule has 1 aromatic carbocycles. The van der Waals surface area contributed by atoms with Crippen LogP contribution in [0.1, 0.15) is 40.0 Å². The number of ketones is 1. The fraction of sp³-hybridized carbons (Fsp3) is 0.556. The Morgan fingerprint density at radius 1 is 1.24 bits per heavy atom. The van der Waals surface area contributed by atoms with Gasteiger partial charge in [-0.1, -0.05) is 39.0 Å². The van der Waals surface area contributed by atoms with Crippen molar-refractivity contribution in [3.8, 4) is 5.75 Å². The van der Waals surface area contributed by atoms with Crippen molar-refractivity contribution < 1.29 is 14.3 Å². The van der Waals surface area contributed by atoms with E-state index < -0.39 is 0 Å². The van der Waals surface area contributed by atoms with Crippen molar-refractivity contribution in [2.24, 2.45) is 22.7 Å². The van der Waals surface area contributed by atoms with Crippen LogP contribution in [0.15, 0.2) is 30.3 Å². The molecule has 0 spiro atoms. The van der Waals surface area contributed by atoms with Crippen molar-refractivity contribution in [2.45, 2.75) is 40.0 Å². The monoisotopic (exact) mass is 286 g/mol. The van der Waals surface area contributed by atoms with Crippen molar-refractivity contribution >= 4 is 11.8 Å². The largest absolute Gasteiger partial charge is 0.427 e. The zero-order valence-electron chi connectivity index (χ0n) is 12.9. The summed E-state index contributed by atoms with van der Waals surface area (Å²) >= 11 is 0. The van der Waals surface area contributed by atoms with Crippen LogP contribution in [0.25, 0.3) is 0 Å². The number of fused-ring (bicyclic) bond motifs is 2. The highest BCUT2D eigenvalue weighted by Crippen LogP contribution is 2.66. The lowest BCUT2D eigenvalue weighted by atomic mass is 9.70. The zero-order valence-corrected chi connectivity index (χ0v) is 12.9. The van der Waals surface area contributed by atoms with E-state index in [0.29, 0.717) is 11.7 Å². The number of carbonyl (C=O) groups excluding carboxylic acids is 2. The minimum Gasteiger partial charge on any atom is -0.427 e. The molecule has 0 aromatic heterocycles. The van der Waals surface area contributed by atoms with Gasteiger partial charge in [-0.3, -0.25) is 9.59 Å². The molecular weight excluding hydrogens is 264 g/mol. The van der Waals surface area contributed by atoms with Crippen LogP contribution in [0.2, 0.25) is 0 Å². The number of para-hydroxylation sites is 1. The topological polar surface area (TPSA) is 43.4 Å². The van der Waals surface area contributed by atoms with E-state index in [4.69, 9.17) is 4.74 Å². The van der Waals surface area contributed by atoms with Gasteiger partial charge in [0.2, 0.25) is 0 Å². The number of esters is 1. The molecule has 1 aromatic rings. The maximum absolute atomic E-state index is 12.7. The van der Waals surface area contributed by atoms with Crippen LogP contribution in [0.3, 0.4) is 0 Å². The second kappa shape index (κ2) is 4.69. The van der Waals surface area contributed by atoms with Gasteiger partial charge in [-0.25, -0.2) is 0 Å². The van der Waals surface area contributed by atoms with E-state index in [-0.39, 0.29) is 34.9 Å². The maximum atomic E-state index is 12.7. The van der Waals surface area contributed by atoms with E-state index in [2.05, 4.69) is 20.8 Å². The average Bonchev–Trinajstić information content (AvgIpc) is 2.74. The van der Waals surface area contributed by atoms with Crippen molar-refractivity contribution in [1.82, 2.24) is 0 Å². The lowest BCUT2D eigenvalue weighted by molar-refractivity contribution is -0.140. The minimum absolute atomic E-state index is 0.0121. The molecular formula is C18H22O3. The summed E-state index contributed by atoms with van der Waals surface area (Å²) in [6.07, 6.45) is 2.20. The van der Waals surface area contributed by atoms with Crippen molar-refractivity contribution in [1.29, 1.82) is 0 Å². The summed E-state index contributed by atoms with van der Waals surface area (Å²) in [5, 5.41) is 0. The number of benzene rings is 1. The van der Waals surface area contributed by atoms with E-state index in [1.165, 1.54) is 0 Å². The first-order valence-corrected chi connectivity index (χ1v) is 7.66. The first-order valence-electron chi connectivity index (χ1n) is 7.66. The molecule has 3 rings (SSSR count). The molecule has 0 radical (unpaired) electrons. The van der Waals surface area contributed by atoms with Crippen molar-refractivity contribution in [3.05, 3.63) is 30.3 Å². The third kappa shape index (κ3) is 2.02. The van der Waals surface area contributed by atoms with Gasteiger partial charge in [0.05, 0.1) is 6.42 Å². The number of hydrogen-bond donors (Lipinski definition) is 0. The predicted octanol–water partition coefficient (Wildman–Crippen LogP) is 3.62. The highest BCUT2D eigenvalue weighted by Gasteiger charge is 2.66. The van der Waals surface area contributed by atoms with Crippen molar-refractivity contribution in [3.63, 3.8) is 0 Å². The van der Waals surface area contributed by atoms with Gasteiger partial charge < -0.3 is 4.74 Å². The average molecular weight is 286 g/mol. The lowest BCUT2D eigenvalue weighted by Gasteiger charge is -2.32. The number of hydrogen-bond acceptors (Lipinski definition) is 3. The highest BCUT2D eigenvalue weighted by atomic mass is 16.5. The molecule has 0 saturated heterocycles. The quantitative estimate of drug-likeness (QED) is 0.629. The Labute approximate surface area is 125 Å². The number of rotatable bonds is 3. The summed E-state index contributed by atoms with van der Waals surface area (Å²) in [4.78, 5) is 24.8. The fourth-order valence-corrected chi connectivity index (χ4v) is 4.35. The normalized spacial score (nSPS) is 33.2. The second-order valence-corrected chi connectivity index (χ2v) is 7.16. The Bertz CT molecular complexity index is 575. The van der Waals surface area contributed by atoms with Crippen LogP contribution < -0.4 is 4.74 Å². The van der Waals surface area contributed by atoms with Crippen LogP contribution in [0.4, 0.5) is 0 Å². The summed E-state index contributed by atoms with van der Waals surface area (Å²) in [6.45, 7) is 6.41. The van der Waals surface area contributed by atoms with Crippen molar-refractivity contribution in [2.75, 3.05) is 0 Å². The Morgan fingerprint density at radius 3 is 2.48 bits per heavy atom. The lowest BCUT2D eigenvalue weighted by Crippen LogP contribution is -2.34. The third-order valence-electron chi connectivity index (χ3n) is 6.03. The molecule has 3 heteroatoms.